The molecule has 1 N–H and O–H groups in total. The Bertz CT molecular complexity index is 302. The van der Waals surface area contributed by atoms with Gasteiger partial charge in [-0.2, -0.15) is 0 Å². The zero-order valence-electron chi connectivity index (χ0n) is 10.9. The van der Waals surface area contributed by atoms with E-state index in [1.807, 2.05) is 0 Å². The highest BCUT2D eigenvalue weighted by Gasteiger charge is 2.11. The summed E-state index contributed by atoms with van der Waals surface area (Å²) in [5, 5.41) is 3.26. The van der Waals surface area contributed by atoms with E-state index in [9.17, 15) is 0 Å². The van der Waals surface area contributed by atoms with Gasteiger partial charge < -0.3 is 19.2 Å². The molecule has 1 aromatic heterocycles. The molecule has 1 aromatic rings. The van der Waals surface area contributed by atoms with Gasteiger partial charge in [0.25, 0.3) is 0 Å². The van der Waals surface area contributed by atoms with Crippen LogP contribution >= 0.6 is 0 Å². The molecular weight excluding hydrogens is 220 g/mol. The van der Waals surface area contributed by atoms with E-state index in [2.05, 4.69) is 17.2 Å². The van der Waals surface area contributed by atoms with E-state index in [1.54, 1.807) is 14.2 Å². The average Bonchev–Trinajstić information content (AvgIpc) is 2.72. The minimum absolute atomic E-state index is 0.436. The fourth-order valence-corrected chi connectivity index (χ4v) is 1.64. The monoisotopic (exact) mass is 242 g/mol. The van der Waals surface area contributed by atoms with Gasteiger partial charge >= 0.3 is 0 Å². The van der Waals surface area contributed by atoms with Crippen LogP contribution in [-0.2, 0) is 22.4 Å². The molecular formula is C12H22N2O3. The van der Waals surface area contributed by atoms with E-state index >= 15 is 0 Å². The van der Waals surface area contributed by atoms with Crippen molar-refractivity contribution >= 4 is 0 Å². The molecule has 0 saturated carbocycles. The van der Waals surface area contributed by atoms with Crippen molar-refractivity contribution in [3.8, 4) is 0 Å². The van der Waals surface area contributed by atoms with Crippen molar-refractivity contribution in [1.29, 1.82) is 0 Å². The van der Waals surface area contributed by atoms with Gasteiger partial charge in [-0.15, -0.1) is 0 Å². The van der Waals surface area contributed by atoms with Crippen LogP contribution in [0.3, 0.4) is 0 Å². The first-order valence-electron chi connectivity index (χ1n) is 5.87. The number of rotatable bonds is 9. The predicted molar refractivity (Wildman–Crippen MR) is 64.8 cm³/mol. The highest BCUT2D eigenvalue weighted by atomic mass is 16.5. The van der Waals surface area contributed by atoms with Crippen molar-refractivity contribution in [3.05, 3.63) is 17.8 Å². The van der Waals surface area contributed by atoms with Gasteiger partial charge in [0, 0.05) is 40.3 Å². The van der Waals surface area contributed by atoms with Crippen LogP contribution < -0.4 is 5.32 Å². The average molecular weight is 242 g/mol. The number of ether oxygens (including phenoxy) is 2. The van der Waals surface area contributed by atoms with Crippen LogP contribution in [0.15, 0.2) is 10.8 Å². The maximum atomic E-state index is 5.40. The van der Waals surface area contributed by atoms with Crippen molar-refractivity contribution in [2.45, 2.75) is 19.9 Å². The molecule has 5 heteroatoms. The Morgan fingerprint density at radius 3 is 2.94 bits per heavy atom. The normalized spacial score (nSPS) is 12.9. The van der Waals surface area contributed by atoms with Gasteiger partial charge in [0.2, 0.25) is 0 Å². The zero-order chi connectivity index (χ0) is 12.5. The molecule has 98 valence electrons. The molecule has 1 unspecified atom stereocenters. The molecule has 0 aliphatic carbocycles. The van der Waals surface area contributed by atoms with Crippen LogP contribution in [0.2, 0.25) is 0 Å². The first-order valence-corrected chi connectivity index (χ1v) is 5.87. The van der Waals surface area contributed by atoms with Gasteiger partial charge in [0.05, 0.1) is 12.3 Å². The van der Waals surface area contributed by atoms with Crippen LogP contribution in [0, 0.1) is 5.92 Å². The summed E-state index contributed by atoms with van der Waals surface area (Å²) in [5.41, 5.74) is 0.976. The third-order valence-electron chi connectivity index (χ3n) is 2.49. The van der Waals surface area contributed by atoms with E-state index in [0.29, 0.717) is 12.5 Å². The molecule has 0 spiro atoms. The van der Waals surface area contributed by atoms with Crippen LogP contribution in [-0.4, -0.2) is 39.0 Å². The van der Waals surface area contributed by atoms with Gasteiger partial charge in [-0.25, -0.2) is 4.98 Å². The molecule has 0 radical (unpaired) electrons. The molecule has 0 fully saturated rings. The van der Waals surface area contributed by atoms with Crippen LogP contribution in [0.1, 0.15) is 18.4 Å². The fourth-order valence-electron chi connectivity index (χ4n) is 1.64. The van der Waals surface area contributed by atoms with E-state index in [1.165, 1.54) is 6.39 Å². The second-order valence-electron chi connectivity index (χ2n) is 4.16. The Labute approximate surface area is 103 Å². The molecule has 0 aromatic carbocycles. The van der Waals surface area contributed by atoms with Gasteiger partial charge in [0.1, 0.15) is 5.76 Å². The summed E-state index contributed by atoms with van der Waals surface area (Å²) in [4.78, 5) is 4.22. The summed E-state index contributed by atoms with van der Waals surface area (Å²) < 4.78 is 15.5. The number of hydrogen-bond acceptors (Lipinski definition) is 5. The lowest BCUT2D eigenvalue weighted by molar-refractivity contribution is 0.156. The third kappa shape index (κ3) is 5.30. The SMILES string of the molecule is COCCNCc1ncoc1CC(C)COC. The van der Waals surface area contributed by atoms with Crippen molar-refractivity contribution in [2.24, 2.45) is 5.92 Å². The van der Waals surface area contributed by atoms with E-state index in [0.717, 1.165) is 37.6 Å². The minimum atomic E-state index is 0.436. The molecule has 0 amide bonds. The van der Waals surface area contributed by atoms with Gasteiger partial charge in [0.15, 0.2) is 6.39 Å². The van der Waals surface area contributed by atoms with Crippen molar-refractivity contribution in [2.75, 3.05) is 34.0 Å². The van der Waals surface area contributed by atoms with Crippen LogP contribution in [0.5, 0.6) is 0 Å². The summed E-state index contributed by atoms with van der Waals surface area (Å²) >= 11 is 0. The summed E-state index contributed by atoms with van der Waals surface area (Å²) in [6.07, 6.45) is 2.36. The molecule has 5 nitrogen and oxygen atoms in total. The van der Waals surface area contributed by atoms with Crippen LogP contribution in [0.4, 0.5) is 0 Å². The Hall–Kier alpha value is -0.910. The fraction of sp³-hybridized carbons (Fsp3) is 0.750. The summed E-state index contributed by atoms with van der Waals surface area (Å²) in [5.74, 6) is 1.38. The molecule has 1 heterocycles. The highest BCUT2D eigenvalue weighted by Crippen LogP contribution is 2.13. The Balaban J connectivity index is 2.37. The van der Waals surface area contributed by atoms with Gasteiger partial charge in [-0.1, -0.05) is 6.92 Å². The second kappa shape index (κ2) is 8.22. The highest BCUT2D eigenvalue weighted by molar-refractivity contribution is 5.07. The Morgan fingerprint density at radius 2 is 2.24 bits per heavy atom. The quantitative estimate of drug-likeness (QED) is 0.660. The number of aromatic nitrogens is 1. The number of methoxy groups -OCH3 is 2. The second-order valence-corrected chi connectivity index (χ2v) is 4.16. The predicted octanol–water partition coefficient (Wildman–Crippen LogP) is 1.24. The lowest BCUT2D eigenvalue weighted by Crippen LogP contribution is -2.20. The van der Waals surface area contributed by atoms with E-state index in [-0.39, 0.29) is 0 Å². The van der Waals surface area contributed by atoms with Crippen molar-refractivity contribution < 1.29 is 13.9 Å². The standard InChI is InChI=1S/C12H22N2O3/c1-10(8-16-3)6-12-11(14-9-17-12)7-13-4-5-15-2/h9-10,13H,4-8H2,1-3H3. The number of nitrogens with zero attached hydrogens (tertiary/aromatic N) is 1. The van der Waals surface area contributed by atoms with Gasteiger partial charge in [-0.05, 0) is 5.92 Å². The minimum Gasteiger partial charge on any atom is -0.448 e. The zero-order valence-corrected chi connectivity index (χ0v) is 10.9. The lowest BCUT2D eigenvalue weighted by atomic mass is 10.1. The molecule has 0 aliphatic rings. The molecule has 0 bridgehead atoms. The van der Waals surface area contributed by atoms with Gasteiger partial charge in [-0.3, -0.25) is 0 Å². The maximum absolute atomic E-state index is 5.40. The largest absolute Gasteiger partial charge is 0.448 e. The molecule has 1 atom stereocenters. The smallest absolute Gasteiger partial charge is 0.181 e. The summed E-state index contributed by atoms with van der Waals surface area (Å²) in [7, 11) is 3.40. The molecule has 0 saturated heterocycles. The molecule has 1 rings (SSSR count). The van der Waals surface area contributed by atoms with E-state index < -0.39 is 0 Å². The van der Waals surface area contributed by atoms with E-state index in [4.69, 9.17) is 13.9 Å². The Morgan fingerprint density at radius 1 is 1.41 bits per heavy atom. The Kier molecular flexibility index (Phi) is 6.84. The first kappa shape index (κ1) is 14.2. The number of nitrogens with one attached hydrogen (secondary N) is 1. The topological polar surface area (TPSA) is 56.5 Å². The molecule has 17 heavy (non-hydrogen) atoms. The maximum Gasteiger partial charge on any atom is 0.181 e. The summed E-state index contributed by atoms with van der Waals surface area (Å²) in [6, 6.07) is 0. The number of oxazole rings is 1. The third-order valence-corrected chi connectivity index (χ3v) is 2.49. The van der Waals surface area contributed by atoms with Crippen LogP contribution in [0.25, 0.3) is 0 Å². The first-order chi connectivity index (χ1) is 8.27. The molecule has 0 aliphatic heterocycles. The van der Waals surface area contributed by atoms with Crippen molar-refractivity contribution in [1.82, 2.24) is 10.3 Å². The summed E-state index contributed by atoms with van der Waals surface area (Å²) in [6.45, 7) is 5.10. The van der Waals surface area contributed by atoms with Crippen molar-refractivity contribution in [3.63, 3.8) is 0 Å². The number of hydrogen-bond donors (Lipinski definition) is 1. The lowest BCUT2D eigenvalue weighted by Gasteiger charge is -2.09.